The van der Waals surface area contributed by atoms with Crippen molar-refractivity contribution in [3.05, 3.63) is 58.9 Å². The fourth-order valence-corrected chi connectivity index (χ4v) is 2.07. The summed E-state index contributed by atoms with van der Waals surface area (Å²) < 4.78 is 19.7. The van der Waals surface area contributed by atoms with Crippen LogP contribution in [0.1, 0.15) is 23.6 Å². The van der Waals surface area contributed by atoms with Crippen LogP contribution in [0.4, 0.5) is 4.39 Å². The van der Waals surface area contributed by atoms with Gasteiger partial charge in [-0.15, -0.1) is 0 Å². The third-order valence-corrected chi connectivity index (χ3v) is 3.29. The zero-order valence-electron chi connectivity index (χ0n) is 12.1. The minimum atomic E-state index is -0.360. The molecule has 0 fully saturated rings. The average Bonchev–Trinajstić information content (AvgIpc) is 2.37. The van der Waals surface area contributed by atoms with Crippen LogP contribution in [0.3, 0.4) is 0 Å². The van der Waals surface area contributed by atoms with E-state index in [0.29, 0.717) is 12.2 Å². The lowest BCUT2D eigenvalue weighted by Crippen LogP contribution is -2.18. The maximum atomic E-state index is 14.0. The van der Waals surface area contributed by atoms with E-state index in [0.717, 1.165) is 11.1 Å². The molecule has 0 amide bonds. The Hall–Kier alpha value is -1.87. The molecule has 20 heavy (non-hydrogen) atoms. The number of hydrogen-bond acceptors (Lipinski definition) is 2. The van der Waals surface area contributed by atoms with Crippen LogP contribution in [0.2, 0.25) is 0 Å². The molecule has 0 bridgehead atoms. The predicted octanol–water partition coefficient (Wildman–Crippen LogP) is 4.12. The normalized spacial score (nSPS) is 12.2. The van der Waals surface area contributed by atoms with Crippen LogP contribution < -0.4 is 10.5 Å². The number of nitrogens with two attached hydrogens (primary N) is 1. The van der Waals surface area contributed by atoms with Gasteiger partial charge in [-0.25, -0.2) is 4.39 Å². The third-order valence-electron chi connectivity index (χ3n) is 3.29. The lowest BCUT2D eigenvalue weighted by Gasteiger charge is -2.14. The van der Waals surface area contributed by atoms with Gasteiger partial charge in [0.2, 0.25) is 0 Å². The molecule has 2 rings (SSSR count). The molecule has 1 atom stereocenters. The minimum Gasteiger partial charge on any atom is -0.454 e. The van der Waals surface area contributed by atoms with Gasteiger partial charge in [0, 0.05) is 6.04 Å². The van der Waals surface area contributed by atoms with Gasteiger partial charge in [0.25, 0.3) is 0 Å². The molecule has 106 valence electrons. The van der Waals surface area contributed by atoms with Gasteiger partial charge in [0.1, 0.15) is 5.75 Å². The molecular weight excluding hydrogens is 253 g/mol. The van der Waals surface area contributed by atoms with Crippen LogP contribution in [0.25, 0.3) is 0 Å². The van der Waals surface area contributed by atoms with Gasteiger partial charge in [-0.2, -0.15) is 0 Å². The monoisotopic (exact) mass is 273 g/mol. The van der Waals surface area contributed by atoms with Crippen molar-refractivity contribution in [1.82, 2.24) is 0 Å². The first-order valence-corrected chi connectivity index (χ1v) is 6.75. The predicted molar refractivity (Wildman–Crippen MR) is 79.7 cm³/mol. The van der Waals surface area contributed by atoms with E-state index in [1.165, 1.54) is 11.6 Å². The Morgan fingerprint density at radius 2 is 1.90 bits per heavy atom. The van der Waals surface area contributed by atoms with E-state index in [9.17, 15) is 4.39 Å². The molecule has 0 radical (unpaired) electrons. The highest BCUT2D eigenvalue weighted by atomic mass is 19.1. The summed E-state index contributed by atoms with van der Waals surface area (Å²) in [6.45, 7) is 5.93. The topological polar surface area (TPSA) is 35.2 Å². The molecule has 1 unspecified atom stereocenters. The first-order valence-electron chi connectivity index (χ1n) is 6.75. The van der Waals surface area contributed by atoms with Crippen LogP contribution in [-0.2, 0) is 6.42 Å². The van der Waals surface area contributed by atoms with Gasteiger partial charge >= 0.3 is 0 Å². The van der Waals surface area contributed by atoms with Crippen molar-refractivity contribution in [1.29, 1.82) is 0 Å². The molecule has 0 aliphatic rings. The molecule has 0 aliphatic carbocycles. The van der Waals surface area contributed by atoms with Gasteiger partial charge in [0.15, 0.2) is 11.6 Å². The van der Waals surface area contributed by atoms with Crippen molar-refractivity contribution in [2.75, 3.05) is 0 Å². The summed E-state index contributed by atoms with van der Waals surface area (Å²) in [7, 11) is 0. The second-order valence-electron chi connectivity index (χ2n) is 5.26. The number of aryl methyl sites for hydroxylation is 2. The fourth-order valence-electron chi connectivity index (χ4n) is 2.07. The summed E-state index contributed by atoms with van der Waals surface area (Å²) in [6.07, 6.45) is 0.581. The van der Waals surface area contributed by atoms with Crippen molar-refractivity contribution < 1.29 is 9.13 Å². The molecule has 0 spiro atoms. The Balaban J connectivity index is 2.34. The Labute approximate surface area is 119 Å². The Morgan fingerprint density at radius 1 is 1.15 bits per heavy atom. The van der Waals surface area contributed by atoms with Crippen LogP contribution >= 0.6 is 0 Å². The van der Waals surface area contributed by atoms with Crippen molar-refractivity contribution in [2.45, 2.75) is 33.2 Å². The van der Waals surface area contributed by atoms with Crippen LogP contribution in [0.5, 0.6) is 11.5 Å². The Kier molecular flexibility index (Phi) is 4.40. The van der Waals surface area contributed by atoms with Crippen LogP contribution in [-0.4, -0.2) is 6.04 Å². The number of rotatable bonds is 4. The second kappa shape index (κ2) is 6.06. The maximum absolute atomic E-state index is 14.0. The number of halogens is 1. The quantitative estimate of drug-likeness (QED) is 0.909. The highest BCUT2D eigenvalue weighted by Gasteiger charge is 2.12. The van der Waals surface area contributed by atoms with Crippen LogP contribution in [0.15, 0.2) is 36.4 Å². The lowest BCUT2D eigenvalue weighted by molar-refractivity contribution is 0.434. The largest absolute Gasteiger partial charge is 0.454 e. The number of para-hydroxylation sites is 1. The molecule has 0 heterocycles. The summed E-state index contributed by atoms with van der Waals surface area (Å²) in [5.74, 6) is 0.554. The maximum Gasteiger partial charge on any atom is 0.166 e. The molecule has 2 N–H and O–H groups in total. The lowest BCUT2D eigenvalue weighted by atomic mass is 10.1. The molecule has 3 heteroatoms. The minimum absolute atomic E-state index is 0.0427. The van der Waals surface area contributed by atoms with Gasteiger partial charge in [-0.1, -0.05) is 18.2 Å². The number of ether oxygens (including phenoxy) is 1. The SMILES string of the molecule is Cc1ccc(Oc2c(F)cccc2CC(C)N)cc1C. The van der Waals surface area contributed by atoms with Crippen molar-refractivity contribution in [3.63, 3.8) is 0 Å². The first-order chi connectivity index (χ1) is 9.47. The number of hydrogen-bond donors (Lipinski definition) is 1. The molecule has 2 aromatic carbocycles. The summed E-state index contributed by atoms with van der Waals surface area (Å²) in [5, 5.41) is 0. The van der Waals surface area contributed by atoms with Gasteiger partial charge in [0.05, 0.1) is 0 Å². The Bertz CT molecular complexity index is 608. The molecule has 0 saturated carbocycles. The van der Waals surface area contributed by atoms with E-state index >= 15 is 0 Å². The van der Waals surface area contributed by atoms with E-state index in [4.69, 9.17) is 10.5 Å². The number of benzene rings is 2. The van der Waals surface area contributed by atoms with Gasteiger partial charge in [-0.05, 0) is 62.1 Å². The van der Waals surface area contributed by atoms with E-state index < -0.39 is 0 Å². The molecule has 2 nitrogen and oxygen atoms in total. The van der Waals surface area contributed by atoms with E-state index in [1.807, 2.05) is 45.0 Å². The third kappa shape index (κ3) is 3.36. The molecular formula is C17H20FNO. The summed E-state index contributed by atoms with van der Waals surface area (Å²) in [4.78, 5) is 0. The smallest absolute Gasteiger partial charge is 0.166 e. The molecule has 2 aromatic rings. The molecule has 0 aromatic heterocycles. The standard InChI is InChI=1S/C17H20FNO/c1-11-7-8-15(9-12(11)2)20-17-14(10-13(3)19)5-4-6-16(17)18/h4-9,13H,10,19H2,1-3H3. The average molecular weight is 273 g/mol. The molecule has 0 aliphatic heterocycles. The highest BCUT2D eigenvalue weighted by Crippen LogP contribution is 2.30. The summed E-state index contributed by atoms with van der Waals surface area (Å²) in [5.41, 5.74) is 8.89. The zero-order valence-corrected chi connectivity index (χ0v) is 12.1. The first kappa shape index (κ1) is 14.5. The fraction of sp³-hybridized carbons (Fsp3) is 0.294. The van der Waals surface area contributed by atoms with E-state index in [2.05, 4.69) is 0 Å². The molecule has 0 saturated heterocycles. The highest BCUT2D eigenvalue weighted by molar-refractivity contribution is 5.41. The summed E-state index contributed by atoms with van der Waals surface area (Å²) in [6, 6.07) is 10.6. The van der Waals surface area contributed by atoms with Gasteiger partial charge in [-0.3, -0.25) is 0 Å². The summed E-state index contributed by atoms with van der Waals surface area (Å²) >= 11 is 0. The second-order valence-corrected chi connectivity index (χ2v) is 5.26. The van der Waals surface area contributed by atoms with Crippen LogP contribution in [0, 0.1) is 19.7 Å². The zero-order chi connectivity index (χ0) is 14.7. The van der Waals surface area contributed by atoms with Gasteiger partial charge < -0.3 is 10.5 Å². The van der Waals surface area contributed by atoms with Crippen molar-refractivity contribution in [2.24, 2.45) is 5.73 Å². The van der Waals surface area contributed by atoms with E-state index in [-0.39, 0.29) is 17.6 Å². The van der Waals surface area contributed by atoms with Crippen molar-refractivity contribution >= 4 is 0 Å². The Morgan fingerprint density at radius 3 is 2.55 bits per heavy atom. The van der Waals surface area contributed by atoms with Crippen molar-refractivity contribution in [3.8, 4) is 11.5 Å². The van der Waals surface area contributed by atoms with E-state index in [1.54, 1.807) is 6.07 Å².